The lowest BCUT2D eigenvalue weighted by Crippen LogP contribution is -2.40. The lowest BCUT2D eigenvalue weighted by Gasteiger charge is -2.30. The molecule has 3 heterocycles. The molecule has 5 rings (SSSR count). The van der Waals surface area contributed by atoms with Crippen LogP contribution in [-0.4, -0.2) is 78.9 Å². The second-order valence-corrected chi connectivity index (χ2v) is 13.4. The van der Waals surface area contributed by atoms with Gasteiger partial charge in [0, 0.05) is 50.2 Å². The number of amides is 2. The van der Waals surface area contributed by atoms with E-state index in [0.29, 0.717) is 29.6 Å². The summed E-state index contributed by atoms with van der Waals surface area (Å²) in [4.78, 5) is 33.0. The first kappa shape index (κ1) is 31.8. The van der Waals surface area contributed by atoms with Crippen molar-refractivity contribution in [2.45, 2.75) is 30.8 Å². The van der Waals surface area contributed by atoms with E-state index >= 15 is 0 Å². The van der Waals surface area contributed by atoms with Gasteiger partial charge in [0.15, 0.2) is 5.82 Å². The van der Waals surface area contributed by atoms with E-state index in [1.165, 1.54) is 0 Å². The number of aromatic amines is 2. The van der Waals surface area contributed by atoms with Gasteiger partial charge in [0.25, 0.3) is 11.8 Å². The minimum Gasteiger partial charge on any atom is -0.373 e. The monoisotopic (exact) mass is 640 g/mol. The number of carbonyl (C=O) groups excluding carboxylic acids is 2. The number of benzene rings is 2. The average molecular weight is 641 g/mol. The number of sulfonamides is 1. The summed E-state index contributed by atoms with van der Waals surface area (Å²) in [6.45, 7) is 4.50. The van der Waals surface area contributed by atoms with Crippen LogP contribution in [0, 0.1) is 11.6 Å². The zero-order valence-electron chi connectivity index (χ0n) is 25.4. The minimum absolute atomic E-state index is 0.0834. The summed E-state index contributed by atoms with van der Waals surface area (Å²) in [7, 11) is 1.48. The van der Waals surface area contributed by atoms with E-state index in [4.69, 9.17) is 0 Å². The number of hydrogen-bond acceptors (Lipinski definition) is 7. The van der Waals surface area contributed by atoms with Crippen molar-refractivity contribution in [1.82, 2.24) is 24.4 Å². The Labute approximate surface area is 259 Å². The first-order chi connectivity index (χ1) is 21.2. The van der Waals surface area contributed by atoms with E-state index in [9.17, 15) is 26.8 Å². The van der Waals surface area contributed by atoms with Crippen molar-refractivity contribution in [3.05, 3.63) is 88.9 Å². The zero-order chi connectivity index (χ0) is 32.7. The molecule has 4 aromatic rings. The lowest BCUT2D eigenvalue weighted by atomic mass is 10.0. The highest BCUT2D eigenvalue weighted by Gasteiger charge is 2.48. The van der Waals surface area contributed by atoms with E-state index in [1.54, 1.807) is 50.4 Å². The van der Waals surface area contributed by atoms with Crippen LogP contribution in [0.2, 0.25) is 0 Å². The van der Waals surface area contributed by atoms with Gasteiger partial charge in [0.2, 0.25) is 10.0 Å². The Hall–Kier alpha value is -4.60. The number of likely N-dealkylation sites (N-methyl/N-ethyl adjacent to an activating group) is 2. The van der Waals surface area contributed by atoms with Crippen LogP contribution in [0.4, 0.5) is 26.0 Å². The summed E-state index contributed by atoms with van der Waals surface area (Å²) in [6.07, 6.45) is 1.61. The first-order valence-electron chi connectivity index (χ1n) is 14.0. The molecule has 0 saturated carbocycles. The van der Waals surface area contributed by atoms with E-state index < -0.39 is 43.9 Å². The molecule has 2 amide bonds. The van der Waals surface area contributed by atoms with E-state index in [0.717, 1.165) is 28.7 Å². The second-order valence-electron chi connectivity index (χ2n) is 11.5. The van der Waals surface area contributed by atoms with Crippen LogP contribution in [-0.2, 0) is 22.1 Å². The molecule has 0 fully saturated rings. The molecule has 4 N–H and O–H groups in total. The summed E-state index contributed by atoms with van der Waals surface area (Å²) in [5, 5.41) is 12.6. The van der Waals surface area contributed by atoms with Crippen molar-refractivity contribution >= 4 is 39.0 Å². The molecule has 0 bridgehead atoms. The Morgan fingerprint density at radius 1 is 1.00 bits per heavy atom. The molecular weight excluding hydrogens is 606 g/mol. The van der Waals surface area contributed by atoms with E-state index in [1.807, 2.05) is 30.9 Å². The van der Waals surface area contributed by atoms with Gasteiger partial charge < -0.3 is 25.4 Å². The van der Waals surface area contributed by atoms with Crippen molar-refractivity contribution in [3.8, 4) is 0 Å². The number of aromatic nitrogens is 3. The third-order valence-corrected chi connectivity index (χ3v) is 9.72. The highest BCUT2D eigenvalue weighted by molar-refractivity contribution is 7.89. The maximum Gasteiger partial charge on any atom is 0.272 e. The summed E-state index contributed by atoms with van der Waals surface area (Å²) >= 11 is 0. The third-order valence-electron chi connectivity index (χ3n) is 7.72. The molecule has 0 aliphatic carbocycles. The van der Waals surface area contributed by atoms with Crippen molar-refractivity contribution in [1.29, 1.82) is 0 Å². The molecule has 1 aliphatic rings. The molecule has 0 atom stereocenters. The van der Waals surface area contributed by atoms with Crippen LogP contribution < -0.4 is 15.5 Å². The van der Waals surface area contributed by atoms with Crippen molar-refractivity contribution < 1.29 is 26.8 Å². The molecule has 0 saturated heterocycles. The largest absolute Gasteiger partial charge is 0.373 e. The molecule has 0 unspecified atom stereocenters. The Kier molecular flexibility index (Phi) is 8.53. The highest BCUT2D eigenvalue weighted by atomic mass is 32.2. The fourth-order valence-corrected chi connectivity index (χ4v) is 6.94. The predicted molar refractivity (Wildman–Crippen MR) is 166 cm³/mol. The van der Waals surface area contributed by atoms with Gasteiger partial charge in [0.05, 0.1) is 27.4 Å². The normalized spacial score (nSPS) is 14.4. The number of hydrogen-bond donors (Lipinski definition) is 4. The van der Waals surface area contributed by atoms with Crippen molar-refractivity contribution in [3.63, 3.8) is 0 Å². The molecular formula is C30H34F2N8O4S. The average Bonchev–Trinajstić information content (AvgIpc) is 3.70. The fourth-order valence-electron chi connectivity index (χ4n) is 5.17. The Morgan fingerprint density at radius 3 is 2.36 bits per heavy atom. The van der Waals surface area contributed by atoms with Gasteiger partial charge in [-0.3, -0.25) is 14.7 Å². The number of nitrogens with zero attached hydrogens (tertiary/aromatic N) is 4. The van der Waals surface area contributed by atoms with Crippen LogP contribution >= 0.6 is 0 Å². The van der Waals surface area contributed by atoms with Gasteiger partial charge in [0.1, 0.15) is 17.3 Å². The molecule has 45 heavy (non-hydrogen) atoms. The standard InChI is InChI=1S/C30H34F2N8O4S/c1-30(2)26-23(17-40(30)45(43,44)21-14-18(31)13-19(32)15-21)27(37-36-26)35-28(41)22-9-8-20(39(5)12-11-38(3)4)16-25(22)34-29(42)24-7-6-10-33-24/h6-10,13-16,33H,11-12,17H2,1-5H3,(H,34,42)(H2,35,36,37,41). The van der Waals surface area contributed by atoms with Gasteiger partial charge in [-0.05, 0) is 70.4 Å². The Bertz CT molecular complexity index is 1830. The molecule has 12 nitrogen and oxygen atoms in total. The second kappa shape index (κ2) is 12.1. The molecule has 238 valence electrons. The molecule has 2 aromatic carbocycles. The van der Waals surface area contributed by atoms with E-state index in [-0.39, 0.29) is 23.6 Å². The summed E-state index contributed by atoms with van der Waals surface area (Å²) in [5.41, 5.74) is 1.09. The van der Waals surface area contributed by atoms with Gasteiger partial charge in [-0.15, -0.1) is 0 Å². The third kappa shape index (κ3) is 6.32. The Morgan fingerprint density at radius 2 is 1.71 bits per heavy atom. The number of anilines is 3. The fraction of sp³-hybridized carbons (Fsp3) is 0.300. The van der Waals surface area contributed by atoms with E-state index in [2.05, 4.69) is 25.8 Å². The quantitative estimate of drug-likeness (QED) is 0.205. The number of H-pyrrole nitrogens is 2. The molecule has 0 radical (unpaired) electrons. The number of rotatable bonds is 10. The smallest absolute Gasteiger partial charge is 0.272 e. The van der Waals surface area contributed by atoms with Gasteiger partial charge in [-0.2, -0.15) is 9.40 Å². The number of fused-ring (bicyclic) bond motifs is 1. The van der Waals surface area contributed by atoms with Crippen LogP contribution in [0.3, 0.4) is 0 Å². The molecule has 15 heteroatoms. The lowest BCUT2D eigenvalue weighted by molar-refractivity contribution is 0.102. The minimum atomic E-state index is -4.36. The maximum atomic E-state index is 13.9. The van der Waals surface area contributed by atoms with Gasteiger partial charge in [-0.25, -0.2) is 17.2 Å². The van der Waals surface area contributed by atoms with Gasteiger partial charge in [-0.1, -0.05) is 0 Å². The summed E-state index contributed by atoms with van der Waals surface area (Å²) in [5.74, 6) is -3.00. The molecule has 0 spiro atoms. The summed E-state index contributed by atoms with van der Waals surface area (Å²) in [6, 6.07) is 10.5. The maximum absolute atomic E-state index is 13.9. The van der Waals surface area contributed by atoms with Crippen LogP contribution in [0.15, 0.2) is 59.6 Å². The highest BCUT2D eigenvalue weighted by Crippen LogP contribution is 2.44. The molecule has 2 aromatic heterocycles. The van der Waals surface area contributed by atoms with Crippen LogP contribution in [0.1, 0.15) is 46.0 Å². The summed E-state index contributed by atoms with van der Waals surface area (Å²) < 4.78 is 56.0. The van der Waals surface area contributed by atoms with Crippen molar-refractivity contribution in [2.24, 2.45) is 0 Å². The SMILES string of the molecule is CN(C)CCN(C)c1ccc(C(=O)Nc2n[nH]c3c2CN(S(=O)(=O)c2cc(F)cc(F)c2)C3(C)C)c(NC(=O)c2ccc[nH]2)c1. The Balaban J connectivity index is 1.44. The number of halogens is 2. The molecule has 1 aliphatic heterocycles. The predicted octanol–water partition coefficient (Wildman–Crippen LogP) is 3.96. The van der Waals surface area contributed by atoms with Crippen LogP contribution in [0.5, 0.6) is 0 Å². The zero-order valence-corrected chi connectivity index (χ0v) is 26.2. The number of carbonyl (C=O) groups is 2. The van der Waals surface area contributed by atoms with Crippen molar-refractivity contribution in [2.75, 3.05) is 49.8 Å². The first-order valence-corrected chi connectivity index (χ1v) is 15.4. The van der Waals surface area contributed by atoms with Crippen LogP contribution in [0.25, 0.3) is 0 Å². The number of nitrogens with one attached hydrogen (secondary N) is 4. The topological polar surface area (TPSA) is 147 Å². The van der Waals surface area contributed by atoms with Gasteiger partial charge >= 0.3 is 0 Å².